The summed E-state index contributed by atoms with van der Waals surface area (Å²) in [4.78, 5) is 19.0. The highest BCUT2D eigenvalue weighted by Crippen LogP contribution is 2.33. The molecule has 166 valence electrons. The Kier molecular flexibility index (Phi) is 6.28. The molecule has 3 rings (SSSR count). The predicted octanol–water partition coefficient (Wildman–Crippen LogP) is 4.79. The largest absolute Gasteiger partial charge is 0.433 e. The zero-order chi connectivity index (χ0) is 22.8. The van der Waals surface area contributed by atoms with E-state index < -0.39 is 23.6 Å². The third-order valence-corrected chi connectivity index (χ3v) is 4.96. The van der Waals surface area contributed by atoms with E-state index in [-0.39, 0.29) is 5.91 Å². The number of aryl methyl sites for hydroxylation is 1. The molecule has 1 aromatic heterocycles. The van der Waals surface area contributed by atoms with Gasteiger partial charge in [0.15, 0.2) is 0 Å². The Hall–Kier alpha value is -3.04. The van der Waals surface area contributed by atoms with Crippen molar-refractivity contribution in [3.05, 3.63) is 65.0 Å². The number of alkyl halides is 6. The molecule has 1 saturated heterocycles. The number of benzene rings is 1. The van der Waals surface area contributed by atoms with Gasteiger partial charge in [-0.3, -0.25) is 9.78 Å². The van der Waals surface area contributed by atoms with Crippen LogP contribution in [0, 0.1) is 6.92 Å². The lowest BCUT2D eigenvalue weighted by Gasteiger charge is -2.36. The number of rotatable bonds is 3. The van der Waals surface area contributed by atoms with Crippen molar-refractivity contribution in [2.45, 2.75) is 19.3 Å². The van der Waals surface area contributed by atoms with Crippen molar-refractivity contribution in [3.8, 4) is 0 Å². The number of aromatic nitrogens is 1. The Morgan fingerprint density at radius 2 is 1.65 bits per heavy atom. The molecule has 10 heteroatoms. The smallest absolute Gasteiger partial charge is 0.368 e. The fourth-order valence-corrected chi connectivity index (χ4v) is 3.24. The highest BCUT2D eigenvalue weighted by Gasteiger charge is 2.32. The molecule has 0 atom stereocenters. The maximum atomic E-state index is 13.0. The summed E-state index contributed by atoms with van der Waals surface area (Å²) in [6.45, 7) is 3.08. The minimum absolute atomic E-state index is 0.310. The van der Waals surface area contributed by atoms with Crippen molar-refractivity contribution < 1.29 is 31.1 Å². The van der Waals surface area contributed by atoms with Gasteiger partial charge in [-0.15, -0.1) is 0 Å². The minimum Gasteiger partial charge on any atom is -0.368 e. The standard InChI is InChI=1S/C21H19F6N3O/c1-14-2-5-16(20(22,23)24)12-17(14)29-8-10-30(11-9-29)19(31)7-4-15-3-6-18(28-13-15)21(25,26)27/h2-7,12-13H,8-11H2,1H3/b7-4-. The highest BCUT2D eigenvalue weighted by molar-refractivity contribution is 5.91. The van der Waals surface area contributed by atoms with Gasteiger partial charge in [0.2, 0.25) is 5.91 Å². The maximum absolute atomic E-state index is 13.0. The number of carbonyl (C=O) groups excluding carboxylic acids is 1. The van der Waals surface area contributed by atoms with Gasteiger partial charge in [-0.25, -0.2) is 0 Å². The Balaban J connectivity index is 1.61. The molecule has 0 unspecified atom stereocenters. The van der Waals surface area contributed by atoms with E-state index in [0.29, 0.717) is 43.0 Å². The molecule has 1 amide bonds. The van der Waals surface area contributed by atoms with Gasteiger partial charge in [0, 0.05) is 44.1 Å². The van der Waals surface area contributed by atoms with E-state index in [1.807, 2.05) is 0 Å². The summed E-state index contributed by atoms with van der Waals surface area (Å²) >= 11 is 0. The van der Waals surface area contributed by atoms with Crippen LogP contribution in [-0.2, 0) is 17.1 Å². The summed E-state index contributed by atoms with van der Waals surface area (Å²) in [6.07, 6.45) is -5.32. The topological polar surface area (TPSA) is 36.4 Å². The Labute approximate surface area is 174 Å². The van der Waals surface area contributed by atoms with Crippen LogP contribution in [0.15, 0.2) is 42.6 Å². The highest BCUT2D eigenvalue weighted by atomic mass is 19.4. The van der Waals surface area contributed by atoms with Crippen LogP contribution in [0.1, 0.15) is 22.4 Å². The Morgan fingerprint density at radius 1 is 0.968 bits per heavy atom. The van der Waals surface area contributed by atoms with Gasteiger partial charge in [0.1, 0.15) is 5.69 Å². The molecule has 31 heavy (non-hydrogen) atoms. The van der Waals surface area contributed by atoms with Crippen molar-refractivity contribution in [1.82, 2.24) is 9.88 Å². The third-order valence-electron chi connectivity index (χ3n) is 4.96. The number of hydrogen-bond donors (Lipinski definition) is 0. The second kappa shape index (κ2) is 8.60. The molecular formula is C21H19F6N3O. The Morgan fingerprint density at radius 3 is 2.19 bits per heavy atom. The van der Waals surface area contributed by atoms with Crippen molar-refractivity contribution in [2.24, 2.45) is 0 Å². The number of hydrogen-bond acceptors (Lipinski definition) is 3. The van der Waals surface area contributed by atoms with Crippen LogP contribution >= 0.6 is 0 Å². The number of anilines is 1. The first-order chi connectivity index (χ1) is 14.4. The number of halogens is 6. The molecule has 1 aromatic carbocycles. The second-order valence-electron chi connectivity index (χ2n) is 7.12. The lowest BCUT2D eigenvalue weighted by atomic mass is 10.1. The molecule has 1 fully saturated rings. The molecule has 0 aliphatic carbocycles. The van der Waals surface area contributed by atoms with Crippen LogP contribution in [0.4, 0.5) is 32.0 Å². The fraction of sp³-hybridized carbons (Fsp3) is 0.333. The van der Waals surface area contributed by atoms with Crippen LogP contribution in [0.25, 0.3) is 6.08 Å². The van der Waals surface area contributed by atoms with E-state index in [4.69, 9.17) is 0 Å². The van der Waals surface area contributed by atoms with Gasteiger partial charge in [-0.2, -0.15) is 26.3 Å². The molecule has 4 nitrogen and oxygen atoms in total. The molecule has 0 radical (unpaired) electrons. The first-order valence-corrected chi connectivity index (χ1v) is 9.38. The van der Waals surface area contributed by atoms with Crippen molar-refractivity contribution in [2.75, 3.05) is 31.1 Å². The quantitative estimate of drug-likeness (QED) is 0.506. The minimum atomic E-state index is -4.53. The first-order valence-electron chi connectivity index (χ1n) is 9.38. The average Bonchev–Trinajstić information content (AvgIpc) is 2.71. The number of carbonyl (C=O) groups is 1. The monoisotopic (exact) mass is 443 g/mol. The number of piperazine rings is 1. The second-order valence-corrected chi connectivity index (χ2v) is 7.12. The van der Waals surface area contributed by atoms with E-state index in [0.717, 1.165) is 24.4 Å². The van der Waals surface area contributed by atoms with E-state index in [9.17, 15) is 31.1 Å². The summed E-state index contributed by atoms with van der Waals surface area (Å²) in [5.41, 5.74) is -0.202. The zero-order valence-corrected chi connectivity index (χ0v) is 16.5. The molecule has 0 saturated carbocycles. The van der Waals surface area contributed by atoms with E-state index in [1.54, 1.807) is 11.8 Å². The molecular weight excluding hydrogens is 424 g/mol. The normalized spacial score (nSPS) is 15.6. The molecule has 2 heterocycles. The number of amides is 1. The molecule has 0 N–H and O–H groups in total. The van der Waals surface area contributed by atoms with Gasteiger partial charge in [0.25, 0.3) is 0 Å². The third kappa shape index (κ3) is 5.56. The van der Waals surface area contributed by atoms with Gasteiger partial charge < -0.3 is 9.80 Å². The average molecular weight is 443 g/mol. The van der Waals surface area contributed by atoms with Crippen LogP contribution in [-0.4, -0.2) is 42.0 Å². The predicted molar refractivity (Wildman–Crippen MR) is 103 cm³/mol. The van der Waals surface area contributed by atoms with Crippen molar-refractivity contribution in [3.63, 3.8) is 0 Å². The lowest BCUT2D eigenvalue weighted by Crippen LogP contribution is -2.48. The Bertz CT molecular complexity index is 959. The van der Waals surface area contributed by atoms with Gasteiger partial charge in [-0.1, -0.05) is 12.1 Å². The van der Waals surface area contributed by atoms with E-state index in [2.05, 4.69) is 4.98 Å². The van der Waals surface area contributed by atoms with E-state index in [1.165, 1.54) is 29.2 Å². The SMILES string of the molecule is Cc1ccc(C(F)(F)F)cc1N1CCN(C(=O)/C=C\c2ccc(C(F)(F)F)nc2)CC1. The van der Waals surface area contributed by atoms with E-state index >= 15 is 0 Å². The summed E-state index contributed by atoms with van der Waals surface area (Å²) in [7, 11) is 0. The van der Waals surface area contributed by atoms with Gasteiger partial charge in [0.05, 0.1) is 5.56 Å². The van der Waals surface area contributed by atoms with Crippen LogP contribution < -0.4 is 4.90 Å². The van der Waals surface area contributed by atoms with Crippen LogP contribution in [0.2, 0.25) is 0 Å². The zero-order valence-electron chi connectivity index (χ0n) is 16.5. The summed E-state index contributed by atoms with van der Waals surface area (Å²) < 4.78 is 76.6. The molecule has 2 aromatic rings. The van der Waals surface area contributed by atoms with Crippen molar-refractivity contribution in [1.29, 1.82) is 0 Å². The molecule has 0 bridgehead atoms. The molecule has 1 aliphatic rings. The lowest BCUT2D eigenvalue weighted by molar-refractivity contribution is -0.141. The summed E-state index contributed by atoms with van der Waals surface area (Å²) in [5.74, 6) is -0.333. The van der Waals surface area contributed by atoms with Crippen LogP contribution in [0.5, 0.6) is 0 Å². The first kappa shape index (κ1) is 22.6. The molecule has 1 aliphatic heterocycles. The van der Waals surface area contributed by atoms with Gasteiger partial charge >= 0.3 is 12.4 Å². The maximum Gasteiger partial charge on any atom is 0.433 e. The van der Waals surface area contributed by atoms with Crippen LogP contribution in [0.3, 0.4) is 0 Å². The molecule has 0 spiro atoms. The number of nitrogens with zero attached hydrogens (tertiary/aromatic N) is 3. The van der Waals surface area contributed by atoms with Gasteiger partial charge in [-0.05, 0) is 42.3 Å². The summed E-state index contributed by atoms with van der Waals surface area (Å²) in [5, 5.41) is 0. The summed E-state index contributed by atoms with van der Waals surface area (Å²) in [6, 6.07) is 5.63. The van der Waals surface area contributed by atoms with Crippen molar-refractivity contribution >= 4 is 17.7 Å². The fourth-order valence-electron chi connectivity index (χ4n) is 3.24. The number of pyridine rings is 1.